The molecule has 10 heteroatoms. The van der Waals surface area contributed by atoms with E-state index in [0.29, 0.717) is 29.3 Å². The zero-order valence-electron chi connectivity index (χ0n) is 21.8. The number of imidazole rings is 1. The van der Waals surface area contributed by atoms with E-state index in [1.807, 2.05) is 54.7 Å². The van der Waals surface area contributed by atoms with Crippen LogP contribution in [0, 0.1) is 0 Å². The number of carbonyl (C=O) groups is 1. The molecular weight excluding hydrogens is 502 g/mol. The standard InChI is InChI=1S/C30H27N9O/c40-25(13-19-7-3-1-4-8-19)34-22-14-20(16-31-18-22)21-15-23-26(37-38-28(23)33-17-21)30-35-27-24(9-10-32-29(27)36-30)39-11-5-2-6-12-39/h1,3-4,7-10,14-18H,2,5-6,11-13H2,(H,34,40)(H,32,35,36)(H,33,37,38). The van der Waals surface area contributed by atoms with Gasteiger partial charge in [-0.25, -0.2) is 15.0 Å². The number of nitrogens with one attached hydrogen (secondary N) is 3. The highest BCUT2D eigenvalue weighted by molar-refractivity contribution is 5.96. The Morgan fingerprint density at radius 1 is 0.925 bits per heavy atom. The van der Waals surface area contributed by atoms with Crippen molar-refractivity contribution in [3.8, 4) is 22.6 Å². The van der Waals surface area contributed by atoms with Gasteiger partial charge in [0.05, 0.1) is 29.4 Å². The highest BCUT2D eigenvalue weighted by atomic mass is 16.1. The van der Waals surface area contributed by atoms with E-state index >= 15 is 0 Å². The molecular formula is C30H27N9O. The molecule has 198 valence electrons. The van der Waals surface area contributed by atoms with Gasteiger partial charge < -0.3 is 15.2 Å². The Balaban J connectivity index is 1.19. The lowest BCUT2D eigenvalue weighted by Gasteiger charge is -2.28. The van der Waals surface area contributed by atoms with Gasteiger partial charge in [-0.3, -0.25) is 14.9 Å². The van der Waals surface area contributed by atoms with Gasteiger partial charge in [-0.2, -0.15) is 5.10 Å². The summed E-state index contributed by atoms with van der Waals surface area (Å²) in [6, 6.07) is 15.6. The van der Waals surface area contributed by atoms with Gasteiger partial charge in [-0.1, -0.05) is 30.3 Å². The zero-order valence-corrected chi connectivity index (χ0v) is 21.8. The number of aromatic amines is 2. The van der Waals surface area contributed by atoms with Gasteiger partial charge in [-0.15, -0.1) is 0 Å². The number of hydrogen-bond donors (Lipinski definition) is 3. The number of nitrogens with zero attached hydrogens (tertiary/aromatic N) is 6. The number of H-pyrrole nitrogens is 2. The van der Waals surface area contributed by atoms with E-state index in [4.69, 9.17) is 4.98 Å². The summed E-state index contributed by atoms with van der Waals surface area (Å²) in [4.78, 5) is 36.8. The fraction of sp³-hybridized carbons (Fsp3) is 0.200. The normalized spacial score (nSPS) is 13.7. The third-order valence-electron chi connectivity index (χ3n) is 7.26. The minimum Gasteiger partial charge on any atom is -0.370 e. The van der Waals surface area contributed by atoms with Gasteiger partial charge in [0.1, 0.15) is 11.2 Å². The van der Waals surface area contributed by atoms with Crippen LogP contribution in [0.3, 0.4) is 0 Å². The smallest absolute Gasteiger partial charge is 0.228 e. The van der Waals surface area contributed by atoms with Crippen LogP contribution in [0.5, 0.6) is 0 Å². The maximum atomic E-state index is 12.6. The SMILES string of the molecule is O=C(Cc1ccccc1)Nc1cncc(-c2cnc3[nH]nc(-c4nc5c(N6CCCCC6)ccnc5[nH]4)c3c2)c1. The molecule has 0 radical (unpaired) electrons. The molecule has 1 aliphatic heterocycles. The number of anilines is 2. The molecule has 0 aliphatic carbocycles. The molecule has 7 rings (SSSR count). The van der Waals surface area contributed by atoms with Crippen LogP contribution in [0.1, 0.15) is 24.8 Å². The van der Waals surface area contributed by atoms with Crippen molar-refractivity contribution in [2.75, 3.05) is 23.3 Å². The Hall–Kier alpha value is -5.12. The van der Waals surface area contributed by atoms with E-state index in [-0.39, 0.29) is 5.91 Å². The third-order valence-corrected chi connectivity index (χ3v) is 7.26. The minimum atomic E-state index is -0.0988. The first kappa shape index (κ1) is 24.0. The minimum absolute atomic E-state index is 0.0988. The van der Waals surface area contributed by atoms with E-state index in [9.17, 15) is 4.79 Å². The lowest BCUT2D eigenvalue weighted by atomic mass is 10.1. The lowest BCUT2D eigenvalue weighted by Crippen LogP contribution is -2.29. The summed E-state index contributed by atoms with van der Waals surface area (Å²) in [5.41, 5.74) is 7.28. The molecule has 1 aliphatic rings. The van der Waals surface area contributed by atoms with Gasteiger partial charge in [-0.05, 0) is 43.0 Å². The molecule has 40 heavy (non-hydrogen) atoms. The lowest BCUT2D eigenvalue weighted by molar-refractivity contribution is -0.115. The summed E-state index contributed by atoms with van der Waals surface area (Å²) in [7, 11) is 0. The fourth-order valence-corrected chi connectivity index (χ4v) is 5.29. The van der Waals surface area contributed by atoms with Crippen LogP contribution >= 0.6 is 0 Å². The number of carbonyl (C=O) groups excluding carboxylic acids is 1. The molecule has 6 heterocycles. The van der Waals surface area contributed by atoms with Crippen molar-refractivity contribution in [2.45, 2.75) is 25.7 Å². The molecule has 0 spiro atoms. The molecule has 1 amide bonds. The molecule has 3 N–H and O–H groups in total. The summed E-state index contributed by atoms with van der Waals surface area (Å²) in [6.45, 7) is 2.06. The Kier molecular flexibility index (Phi) is 6.12. The van der Waals surface area contributed by atoms with Gasteiger partial charge in [0, 0.05) is 42.8 Å². The monoisotopic (exact) mass is 529 g/mol. The molecule has 5 aromatic heterocycles. The molecule has 0 unspecified atom stereocenters. The number of benzene rings is 1. The van der Waals surface area contributed by atoms with E-state index in [1.165, 1.54) is 19.3 Å². The van der Waals surface area contributed by atoms with Gasteiger partial charge >= 0.3 is 0 Å². The maximum absolute atomic E-state index is 12.6. The first-order valence-electron chi connectivity index (χ1n) is 13.4. The van der Waals surface area contributed by atoms with Crippen LogP contribution in [-0.4, -0.2) is 54.1 Å². The predicted octanol–water partition coefficient (Wildman–Crippen LogP) is 5.13. The molecule has 0 atom stereocenters. The molecule has 0 bridgehead atoms. The molecule has 10 nitrogen and oxygen atoms in total. The summed E-state index contributed by atoms with van der Waals surface area (Å²) in [6.07, 6.45) is 10.9. The largest absolute Gasteiger partial charge is 0.370 e. The fourth-order valence-electron chi connectivity index (χ4n) is 5.29. The molecule has 0 saturated carbocycles. The van der Waals surface area contributed by atoms with Crippen molar-refractivity contribution in [1.29, 1.82) is 0 Å². The molecule has 1 saturated heterocycles. The van der Waals surface area contributed by atoms with Gasteiger partial charge in [0.25, 0.3) is 0 Å². The van der Waals surface area contributed by atoms with Crippen molar-refractivity contribution >= 4 is 39.5 Å². The van der Waals surface area contributed by atoms with E-state index in [2.05, 4.69) is 40.3 Å². The molecule has 1 fully saturated rings. The topological polar surface area (TPSA) is 128 Å². The van der Waals surface area contributed by atoms with E-state index < -0.39 is 0 Å². The number of hydrogen-bond acceptors (Lipinski definition) is 7. The second kappa shape index (κ2) is 10.2. The number of amides is 1. The van der Waals surface area contributed by atoms with Crippen LogP contribution in [0.4, 0.5) is 11.4 Å². The van der Waals surface area contributed by atoms with Crippen molar-refractivity contribution in [3.63, 3.8) is 0 Å². The Morgan fingerprint density at radius 3 is 2.65 bits per heavy atom. The highest BCUT2D eigenvalue weighted by Crippen LogP contribution is 2.32. The number of pyridine rings is 3. The van der Waals surface area contributed by atoms with Gasteiger partial charge in [0.2, 0.25) is 5.91 Å². The summed E-state index contributed by atoms with van der Waals surface area (Å²) < 4.78 is 0. The first-order chi connectivity index (χ1) is 19.7. The van der Waals surface area contributed by atoms with Crippen molar-refractivity contribution in [1.82, 2.24) is 35.1 Å². The van der Waals surface area contributed by atoms with E-state index in [1.54, 1.807) is 18.6 Å². The molecule has 6 aromatic rings. The third kappa shape index (κ3) is 4.64. The second-order valence-electron chi connectivity index (χ2n) is 10.0. The van der Waals surface area contributed by atoms with Crippen molar-refractivity contribution in [3.05, 3.63) is 78.9 Å². The van der Waals surface area contributed by atoms with Crippen LogP contribution in [-0.2, 0) is 11.2 Å². The molecule has 1 aromatic carbocycles. The Morgan fingerprint density at radius 2 is 1.77 bits per heavy atom. The van der Waals surface area contributed by atoms with Gasteiger partial charge in [0.15, 0.2) is 17.1 Å². The number of aromatic nitrogens is 7. The first-order valence-corrected chi connectivity index (χ1v) is 13.4. The van der Waals surface area contributed by atoms with Crippen LogP contribution in [0.15, 0.2) is 73.3 Å². The van der Waals surface area contributed by atoms with Crippen molar-refractivity contribution in [2.24, 2.45) is 0 Å². The summed E-state index contributed by atoms with van der Waals surface area (Å²) >= 11 is 0. The van der Waals surface area contributed by atoms with Crippen LogP contribution in [0.2, 0.25) is 0 Å². The predicted molar refractivity (Wildman–Crippen MR) is 155 cm³/mol. The highest BCUT2D eigenvalue weighted by Gasteiger charge is 2.20. The van der Waals surface area contributed by atoms with Crippen molar-refractivity contribution < 1.29 is 4.79 Å². The summed E-state index contributed by atoms with van der Waals surface area (Å²) in [5, 5.41) is 11.3. The average Bonchev–Trinajstić information content (AvgIpc) is 3.62. The maximum Gasteiger partial charge on any atom is 0.228 e. The van der Waals surface area contributed by atoms with E-state index in [0.717, 1.165) is 52.0 Å². The summed E-state index contributed by atoms with van der Waals surface area (Å²) in [5.74, 6) is 0.537. The zero-order chi connectivity index (χ0) is 26.9. The second-order valence-corrected chi connectivity index (χ2v) is 10.0. The number of piperidine rings is 1. The van der Waals surface area contributed by atoms with Crippen LogP contribution < -0.4 is 10.2 Å². The quantitative estimate of drug-likeness (QED) is 0.273. The Bertz CT molecular complexity index is 1820. The average molecular weight is 530 g/mol. The number of fused-ring (bicyclic) bond motifs is 2. The van der Waals surface area contributed by atoms with Crippen LogP contribution in [0.25, 0.3) is 44.8 Å². The Labute approximate surface area is 229 Å². The number of rotatable bonds is 6.